The molecule has 0 aliphatic rings. The fraction of sp³-hybridized carbons (Fsp3) is 0.462. The predicted octanol–water partition coefficient (Wildman–Crippen LogP) is 2.87. The monoisotopic (exact) mass is 289 g/mol. The van der Waals surface area contributed by atoms with Crippen LogP contribution in [0.5, 0.6) is 0 Å². The Balaban J connectivity index is 2.46. The van der Waals surface area contributed by atoms with Crippen molar-refractivity contribution in [1.29, 1.82) is 0 Å². The summed E-state index contributed by atoms with van der Waals surface area (Å²) in [7, 11) is 0. The van der Waals surface area contributed by atoms with Crippen LogP contribution in [0.1, 0.15) is 18.9 Å². The Bertz CT molecular complexity index is 435. The number of carbonyl (C=O) groups is 1. The van der Waals surface area contributed by atoms with Crippen molar-refractivity contribution in [3.05, 3.63) is 29.8 Å². The van der Waals surface area contributed by atoms with Gasteiger partial charge in [0.05, 0.1) is 0 Å². The van der Waals surface area contributed by atoms with Gasteiger partial charge < -0.3 is 16.0 Å². The molecule has 0 aromatic heterocycles. The van der Waals surface area contributed by atoms with Gasteiger partial charge >= 0.3 is 12.2 Å². The molecule has 2 amide bonds. The van der Waals surface area contributed by atoms with Gasteiger partial charge in [-0.3, -0.25) is 0 Å². The minimum Gasteiger partial charge on any atom is -0.329 e. The average Bonchev–Trinajstić information content (AvgIpc) is 2.36. The van der Waals surface area contributed by atoms with Crippen molar-refractivity contribution in [2.24, 2.45) is 0 Å². The summed E-state index contributed by atoms with van der Waals surface area (Å²) >= 11 is 0. The average molecular weight is 289 g/mol. The molecule has 112 valence electrons. The Morgan fingerprint density at radius 1 is 1.30 bits per heavy atom. The van der Waals surface area contributed by atoms with Gasteiger partial charge in [-0.05, 0) is 30.7 Å². The van der Waals surface area contributed by atoms with E-state index >= 15 is 0 Å². The first kappa shape index (κ1) is 16.3. The van der Waals surface area contributed by atoms with Crippen molar-refractivity contribution in [2.45, 2.75) is 26.1 Å². The molecule has 0 bridgehead atoms. The molecule has 3 N–H and O–H groups in total. The molecule has 0 spiro atoms. The van der Waals surface area contributed by atoms with Gasteiger partial charge in [-0.2, -0.15) is 13.2 Å². The highest BCUT2D eigenvalue weighted by atomic mass is 19.4. The van der Waals surface area contributed by atoms with Crippen molar-refractivity contribution >= 4 is 11.7 Å². The summed E-state index contributed by atoms with van der Waals surface area (Å²) in [5.74, 6) is 0. The standard InChI is InChI=1S/C13H18F3N3O/c1-2-6-17-8-10-4-3-5-11(7-10)19-12(20)18-9-13(14,15)16/h3-5,7,17H,2,6,8-9H2,1H3,(H2,18,19,20). The van der Waals surface area contributed by atoms with Crippen LogP contribution in [0.4, 0.5) is 23.7 Å². The van der Waals surface area contributed by atoms with Gasteiger partial charge in [0, 0.05) is 12.2 Å². The van der Waals surface area contributed by atoms with Crippen LogP contribution in [0.3, 0.4) is 0 Å². The number of benzene rings is 1. The van der Waals surface area contributed by atoms with Crippen molar-refractivity contribution in [1.82, 2.24) is 10.6 Å². The summed E-state index contributed by atoms with van der Waals surface area (Å²) in [4.78, 5) is 11.3. The zero-order valence-electron chi connectivity index (χ0n) is 11.2. The number of anilines is 1. The molecular formula is C13H18F3N3O. The number of amides is 2. The number of hydrogen-bond acceptors (Lipinski definition) is 2. The fourth-order valence-corrected chi connectivity index (χ4v) is 1.52. The first-order valence-electron chi connectivity index (χ1n) is 6.32. The molecule has 0 saturated carbocycles. The summed E-state index contributed by atoms with van der Waals surface area (Å²) in [6.45, 7) is 2.23. The topological polar surface area (TPSA) is 53.2 Å². The van der Waals surface area contributed by atoms with Gasteiger partial charge in [0.1, 0.15) is 6.54 Å². The van der Waals surface area contributed by atoms with E-state index in [-0.39, 0.29) is 0 Å². The van der Waals surface area contributed by atoms with E-state index in [0.29, 0.717) is 12.2 Å². The number of alkyl halides is 3. The van der Waals surface area contributed by atoms with Crippen molar-refractivity contribution in [3.8, 4) is 0 Å². The second-order valence-electron chi connectivity index (χ2n) is 4.30. The van der Waals surface area contributed by atoms with Crippen LogP contribution in [0.25, 0.3) is 0 Å². The number of nitrogens with one attached hydrogen (secondary N) is 3. The Hall–Kier alpha value is -1.76. The molecule has 0 saturated heterocycles. The highest BCUT2D eigenvalue weighted by Crippen LogP contribution is 2.13. The molecule has 0 aliphatic heterocycles. The molecule has 0 fully saturated rings. The molecule has 1 aromatic carbocycles. The number of halogens is 3. The van der Waals surface area contributed by atoms with E-state index in [0.717, 1.165) is 18.5 Å². The Morgan fingerprint density at radius 3 is 2.70 bits per heavy atom. The molecule has 7 heteroatoms. The van der Waals surface area contributed by atoms with Crippen LogP contribution < -0.4 is 16.0 Å². The number of carbonyl (C=O) groups excluding carboxylic acids is 1. The van der Waals surface area contributed by atoms with E-state index in [1.807, 2.05) is 6.07 Å². The van der Waals surface area contributed by atoms with Crippen molar-refractivity contribution in [3.63, 3.8) is 0 Å². The van der Waals surface area contributed by atoms with Gasteiger partial charge in [-0.25, -0.2) is 4.79 Å². The SMILES string of the molecule is CCCNCc1cccc(NC(=O)NCC(F)(F)F)c1. The smallest absolute Gasteiger partial charge is 0.329 e. The van der Waals surface area contributed by atoms with E-state index in [4.69, 9.17) is 0 Å². The van der Waals surface area contributed by atoms with Gasteiger partial charge in [0.2, 0.25) is 0 Å². The van der Waals surface area contributed by atoms with Crippen LogP contribution in [0.2, 0.25) is 0 Å². The second-order valence-corrected chi connectivity index (χ2v) is 4.30. The van der Waals surface area contributed by atoms with E-state index in [9.17, 15) is 18.0 Å². The fourth-order valence-electron chi connectivity index (χ4n) is 1.52. The number of urea groups is 1. The van der Waals surface area contributed by atoms with Crippen LogP contribution in [-0.2, 0) is 6.54 Å². The molecule has 20 heavy (non-hydrogen) atoms. The van der Waals surface area contributed by atoms with Crippen LogP contribution in [0, 0.1) is 0 Å². The summed E-state index contributed by atoms with van der Waals surface area (Å²) in [5.41, 5.74) is 1.41. The van der Waals surface area contributed by atoms with Gasteiger partial charge in [0.15, 0.2) is 0 Å². The lowest BCUT2D eigenvalue weighted by atomic mass is 10.2. The second kappa shape index (κ2) is 7.74. The lowest BCUT2D eigenvalue weighted by Gasteiger charge is -2.11. The third kappa shape index (κ3) is 6.98. The van der Waals surface area contributed by atoms with E-state index in [1.54, 1.807) is 23.5 Å². The molecule has 0 radical (unpaired) electrons. The third-order valence-electron chi connectivity index (χ3n) is 2.39. The number of hydrogen-bond donors (Lipinski definition) is 3. The van der Waals surface area contributed by atoms with E-state index < -0.39 is 18.8 Å². The third-order valence-corrected chi connectivity index (χ3v) is 2.39. The maximum Gasteiger partial charge on any atom is 0.405 e. The quantitative estimate of drug-likeness (QED) is 0.705. The van der Waals surface area contributed by atoms with E-state index in [1.165, 1.54) is 0 Å². The van der Waals surface area contributed by atoms with Gasteiger partial charge in [0.25, 0.3) is 0 Å². The lowest BCUT2D eigenvalue weighted by Crippen LogP contribution is -2.36. The first-order chi connectivity index (χ1) is 9.40. The maximum absolute atomic E-state index is 11.9. The van der Waals surface area contributed by atoms with Crippen molar-refractivity contribution < 1.29 is 18.0 Å². The maximum atomic E-state index is 11.9. The first-order valence-corrected chi connectivity index (χ1v) is 6.32. The highest BCUT2D eigenvalue weighted by molar-refractivity contribution is 5.89. The van der Waals surface area contributed by atoms with Crippen LogP contribution >= 0.6 is 0 Å². The van der Waals surface area contributed by atoms with E-state index in [2.05, 4.69) is 17.6 Å². The van der Waals surface area contributed by atoms with Crippen LogP contribution in [-0.4, -0.2) is 25.3 Å². The Labute approximate surface area is 115 Å². The molecule has 0 aliphatic carbocycles. The normalized spacial score (nSPS) is 11.2. The minimum absolute atomic E-state index is 0.459. The summed E-state index contributed by atoms with van der Waals surface area (Å²) in [5, 5.41) is 7.32. The van der Waals surface area contributed by atoms with Gasteiger partial charge in [-0.1, -0.05) is 19.1 Å². The zero-order chi connectivity index (χ0) is 15.0. The molecule has 0 atom stereocenters. The largest absolute Gasteiger partial charge is 0.405 e. The summed E-state index contributed by atoms with van der Waals surface area (Å²) < 4.78 is 35.8. The van der Waals surface area contributed by atoms with Gasteiger partial charge in [-0.15, -0.1) is 0 Å². The minimum atomic E-state index is -4.41. The Morgan fingerprint density at radius 2 is 2.05 bits per heavy atom. The lowest BCUT2D eigenvalue weighted by molar-refractivity contribution is -0.122. The Kier molecular flexibility index (Phi) is 6.30. The predicted molar refractivity (Wildman–Crippen MR) is 71.5 cm³/mol. The molecule has 0 unspecified atom stereocenters. The highest BCUT2D eigenvalue weighted by Gasteiger charge is 2.27. The molecule has 0 heterocycles. The zero-order valence-corrected chi connectivity index (χ0v) is 11.2. The molecular weight excluding hydrogens is 271 g/mol. The summed E-state index contributed by atoms with van der Waals surface area (Å²) in [6.07, 6.45) is -3.40. The number of rotatable bonds is 6. The van der Waals surface area contributed by atoms with Crippen molar-refractivity contribution in [2.75, 3.05) is 18.4 Å². The molecule has 1 rings (SSSR count). The molecule has 1 aromatic rings. The van der Waals surface area contributed by atoms with Crippen LogP contribution in [0.15, 0.2) is 24.3 Å². The summed E-state index contributed by atoms with van der Waals surface area (Å²) in [6, 6.07) is 6.08. The molecule has 4 nitrogen and oxygen atoms in total.